The Balaban J connectivity index is 1.79. The van der Waals surface area contributed by atoms with Crippen LogP contribution in [-0.4, -0.2) is 21.3 Å². The highest BCUT2D eigenvalue weighted by molar-refractivity contribution is 4.86. The molecule has 0 aliphatic heterocycles. The molecule has 2 atom stereocenters. The standard InChI is InChI=1S/C13H24N4/c1-10(2)17-13(15-9-16-17)8-14-7-12-6-4-5-11(12)3/h9-12,14H,4-8H2,1-3H3. The summed E-state index contributed by atoms with van der Waals surface area (Å²) < 4.78 is 1.99. The third-order valence-electron chi connectivity index (χ3n) is 3.87. The van der Waals surface area contributed by atoms with Crippen LogP contribution in [0.4, 0.5) is 0 Å². The monoisotopic (exact) mass is 236 g/mol. The van der Waals surface area contributed by atoms with E-state index < -0.39 is 0 Å². The van der Waals surface area contributed by atoms with Gasteiger partial charge in [0.25, 0.3) is 0 Å². The van der Waals surface area contributed by atoms with Crippen LogP contribution in [0.3, 0.4) is 0 Å². The van der Waals surface area contributed by atoms with E-state index in [2.05, 4.69) is 36.2 Å². The molecule has 0 aromatic carbocycles. The first kappa shape index (κ1) is 12.6. The number of hydrogen-bond donors (Lipinski definition) is 1. The molecule has 1 saturated carbocycles. The van der Waals surface area contributed by atoms with Crippen LogP contribution in [0.5, 0.6) is 0 Å². The highest BCUT2D eigenvalue weighted by atomic mass is 15.3. The lowest BCUT2D eigenvalue weighted by molar-refractivity contribution is 0.384. The zero-order valence-electron chi connectivity index (χ0n) is 11.2. The van der Waals surface area contributed by atoms with Crippen LogP contribution in [0.1, 0.15) is 51.9 Å². The molecule has 1 aromatic rings. The van der Waals surface area contributed by atoms with Gasteiger partial charge in [-0.05, 0) is 38.6 Å². The van der Waals surface area contributed by atoms with Gasteiger partial charge in [0.1, 0.15) is 12.2 Å². The molecule has 4 nitrogen and oxygen atoms in total. The van der Waals surface area contributed by atoms with E-state index in [0.717, 1.165) is 30.7 Å². The number of hydrogen-bond acceptors (Lipinski definition) is 3. The molecule has 17 heavy (non-hydrogen) atoms. The second-order valence-electron chi connectivity index (χ2n) is 5.51. The molecule has 0 amide bonds. The minimum atomic E-state index is 0.389. The molecule has 1 aromatic heterocycles. The van der Waals surface area contributed by atoms with Crippen molar-refractivity contribution in [3.63, 3.8) is 0 Å². The Morgan fingerprint density at radius 2 is 2.29 bits per heavy atom. The van der Waals surface area contributed by atoms with Crippen LogP contribution in [-0.2, 0) is 6.54 Å². The van der Waals surface area contributed by atoms with E-state index in [1.54, 1.807) is 6.33 Å². The van der Waals surface area contributed by atoms with Crippen LogP contribution >= 0.6 is 0 Å². The van der Waals surface area contributed by atoms with E-state index in [-0.39, 0.29) is 0 Å². The fourth-order valence-electron chi connectivity index (χ4n) is 2.73. The molecule has 2 unspecified atom stereocenters. The van der Waals surface area contributed by atoms with Crippen molar-refractivity contribution in [2.24, 2.45) is 11.8 Å². The Labute approximate surface area is 104 Å². The molecule has 0 radical (unpaired) electrons. The van der Waals surface area contributed by atoms with Gasteiger partial charge in [-0.25, -0.2) is 9.67 Å². The lowest BCUT2D eigenvalue weighted by atomic mass is 9.98. The summed E-state index contributed by atoms with van der Waals surface area (Å²) in [5.74, 6) is 2.78. The van der Waals surface area contributed by atoms with Gasteiger partial charge < -0.3 is 5.32 Å². The average Bonchev–Trinajstić information content (AvgIpc) is 2.88. The third-order valence-corrected chi connectivity index (χ3v) is 3.87. The van der Waals surface area contributed by atoms with Crippen LogP contribution in [0.2, 0.25) is 0 Å². The van der Waals surface area contributed by atoms with Crippen molar-refractivity contribution >= 4 is 0 Å². The molecule has 96 valence electrons. The average molecular weight is 236 g/mol. The largest absolute Gasteiger partial charge is 0.310 e. The Morgan fingerprint density at radius 1 is 1.47 bits per heavy atom. The predicted molar refractivity (Wildman–Crippen MR) is 68.6 cm³/mol. The SMILES string of the molecule is CC1CCCC1CNCc1ncnn1C(C)C. The maximum absolute atomic E-state index is 4.31. The van der Waals surface area contributed by atoms with Gasteiger partial charge in [-0.1, -0.05) is 19.8 Å². The van der Waals surface area contributed by atoms with Gasteiger partial charge in [-0.2, -0.15) is 5.10 Å². The summed E-state index contributed by atoms with van der Waals surface area (Å²) >= 11 is 0. The number of rotatable bonds is 5. The molecule has 1 N–H and O–H groups in total. The molecule has 0 spiro atoms. The van der Waals surface area contributed by atoms with Crippen LogP contribution < -0.4 is 5.32 Å². The zero-order chi connectivity index (χ0) is 12.3. The van der Waals surface area contributed by atoms with Gasteiger partial charge in [0.05, 0.1) is 6.54 Å². The fraction of sp³-hybridized carbons (Fsp3) is 0.846. The van der Waals surface area contributed by atoms with Gasteiger partial charge in [0, 0.05) is 6.04 Å². The van der Waals surface area contributed by atoms with Gasteiger partial charge in [0.15, 0.2) is 0 Å². The van der Waals surface area contributed by atoms with Gasteiger partial charge in [-0.15, -0.1) is 0 Å². The van der Waals surface area contributed by atoms with Gasteiger partial charge in [-0.3, -0.25) is 0 Å². The first-order chi connectivity index (χ1) is 8.18. The van der Waals surface area contributed by atoms with Crippen LogP contribution in [0, 0.1) is 11.8 Å². The van der Waals surface area contributed by atoms with Crippen molar-refractivity contribution in [1.29, 1.82) is 0 Å². The molecular formula is C13H24N4. The number of aromatic nitrogens is 3. The van der Waals surface area contributed by atoms with Crippen molar-refractivity contribution < 1.29 is 0 Å². The van der Waals surface area contributed by atoms with E-state index in [9.17, 15) is 0 Å². The maximum atomic E-state index is 4.31. The van der Waals surface area contributed by atoms with E-state index in [1.807, 2.05) is 4.68 Å². The molecule has 0 saturated heterocycles. The van der Waals surface area contributed by atoms with Crippen molar-refractivity contribution in [3.8, 4) is 0 Å². The lowest BCUT2D eigenvalue weighted by Crippen LogP contribution is -2.25. The van der Waals surface area contributed by atoms with E-state index in [4.69, 9.17) is 0 Å². The fourth-order valence-corrected chi connectivity index (χ4v) is 2.73. The smallest absolute Gasteiger partial charge is 0.141 e. The van der Waals surface area contributed by atoms with Crippen molar-refractivity contribution in [1.82, 2.24) is 20.1 Å². The summed E-state index contributed by atoms with van der Waals surface area (Å²) in [6.45, 7) is 8.60. The maximum Gasteiger partial charge on any atom is 0.141 e. The summed E-state index contributed by atoms with van der Waals surface area (Å²) in [7, 11) is 0. The molecular weight excluding hydrogens is 212 g/mol. The highest BCUT2D eigenvalue weighted by Gasteiger charge is 2.22. The van der Waals surface area contributed by atoms with Crippen LogP contribution in [0.15, 0.2) is 6.33 Å². The van der Waals surface area contributed by atoms with Crippen molar-refractivity contribution in [3.05, 3.63) is 12.2 Å². The van der Waals surface area contributed by atoms with E-state index >= 15 is 0 Å². The Kier molecular flexibility index (Phi) is 4.15. The Hall–Kier alpha value is -0.900. The minimum absolute atomic E-state index is 0.389. The summed E-state index contributed by atoms with van der Waals surface area (Å²) in [6, 6.07) is 0.389. The molecule has 1 aliphatic rings. The third kappa shape index (κ3) is 3.06. The summed E-state index contributed by atoms with van der Waals surface area (Å²) in [5, 5.41) is 7.78. The second-order valence-corrected chi connectivity index (χ2v) is 5.51. The molecule has 1 fully saturated rings. The van der Waals surface area contributed by atoms with E-state index in [0.29, 0.717) is 6.04 Å². The molecule has 1 aliphatic carbocycles. The van der Waals surface area contributed by atoms with Crippen molar-refractivity contribution in [2.45, 2.75) is 52.6 Å². The molecule has 4 heteroatoms. The predicted octanol–water partition coefficient (Wildman–Crippen LogP) is 2.38. The number of nitrogens with one attached hydrogen (secondary N) is 1. The van der Waals surface area contributed by atoms with Crippen LogP contribution in [0.25, 0.3) is 0 Å². The van der Waals surface area contributed by atoms with E-state index in [1.165, 1.54) is 19.3 Å². The lowest BCUT2D eigenvalue weighted by Gasteiger charge is -2.16. The van der Waals surface area contributed by atoms with Gasteiger partial charge in [0.2, 0.25) is 0 Å². The first-order valence-corrected chi connectivity index (χ1v) is 6.77. The molecule has 2 rings (SSSR count). The van der Waals surface area contributed by atoms with Crippen molar-refractivity contribution in [2.75, 3.05) is 6.54 Å². The summed E-state index contributed by atoms with van der Waals surface area (Å²) in [6.07, 6.45) is 5.82. The second kappa shape index (κ2) is 5.63. The van der Waals surface area contributed by atoms with Gasteiger partial charge >= 0.3 is 0 Å². The summed E-state index contributed by atoms with van der Waals surface area (Å²) in [4.78, 5) is 4.31. The first-order valence-electron chi connectivity index (χ1n) is 6.77. The Morgan fingerprint density at radius 3 is 2.94 bits per heavy atom. The normalized spacial score (nSPS) is 24.7. The number of nitrogens with zero attached hydrogens (tertiary/aromatic N) is 3. The summed E-state index contributed by atoms with van der Waals surface area (Å²) in [5.41, 5.74) is 0. The topological polar surface area (TPSA) is 42.7 Å². The zero-order valence-corrected chi connectivity index (χ0v) is 11.2. The Bertz CT molecular complexity index is 345. The quantitative estimate of drug-likeness (QED) is 0.853. The molecule has 0 bridgehead atoms. The highest BCUT2D eigenvalue weighted by Crippen LogP contribution is 2.30. The molecule has 1 heterocycles. The minimum Gasteiger partial charge on any atom is -0.310 e.